The Morgan fingerprint density at radius 1 is 1.59 bits per heavy atom. The van der Waals surface area contributed by atoms with E-state index in [-0.39, 0.29) is 5.97 Å². The number of nitrogens with zero attached hydrogens (tertiary/aromatic N) is 2. The van der Waals surface area contributed by atoms with Gasteiger partial charge in [-0.15, -0.1) is 0 Å². The maximum Gasteiger partial charge on any atom is 0.305 e. The van der Waals surface area contributed by atoms with Crippen molar-refractivity contribution in [2.24, 2.45) is 5.84 Å². The zero-order valence-electron chi connectivity index (χ0n) is 9.93. The van der Waals surface area contributed by atoms with Gasteiger partial charge in [-0.2, -0.15) is 0 Å². The number of nitrogen functional groups attached to an aromatic ring is 1. The fourth-order valence-corrected chi connectivity index (χ4v) is 1.41. The van der Waals surface area contributed by atoms with Gasteiger partial charge in [-0.25, -0.2) is 5.84 Å². The van der Waals surface area contributed by atoms with Crippen molar-refractivity contribution in [2.45, 2.75) is 19.8 Å². The number of carbonyl (C=O) groups is 1. The molecule has 0 aliphatic rings. The van der Waals surface area contributed by atoms with Crippen LogP contribution in [0.25, 0.3) is 0 Å². The lowest BCUT2D eigenvalue weighted by molar-refractivity contribution is -0.143. The van der Waals surface area contributed by atoms with Gasteiger partial charge in [0.2, 0.25) is 0 Å². The lowest BCUT2D eigenvalue weighted by atomic mass is 10.3. The Hall–Kier alpha value is -1.82. The van der Waals surface area contributed by atoms with Gasteiger partial charge in [0.05, 0.1) is 24.2 Å². The molecule has 17 heavy (non-hydrogen) atoms. The number of nitrogens with two attached hydrogens (primary N) is 2. The molecule has 0 spiro atoms. The van der Waals surface area contributed by atoms with E-state index in [0.29, 0.717) is 37.4 Å². The van der Waals surface area contributed by atoms with Crippen LogP contribution in [0.1, 0.15) is 19.8 Å². The molecule has 0 radical (unpaired) electrons. The molecule has 0 aliphatic carbocycles. The molecule has 0 amide bonds. The number of hydrazine groups is 1. The monoisotopic (exact) mass is 238 g/mol. The normalized spacial score (nSPS) is 10.0. The number of aromatic nitrogens is 1. The molecule has 0 fully saturated rings. The second-order valence-electron chi connectivity index (χ2n) is 3.54. The number of hydrogen-bond acceptors (Lipinski definition) is 6. The van der Waals surface area contributed by atoms with Crippen LogP contribution in [0.3, 0.4) is 0 Å². The molecule has 1 heterocycles. The molecule has 0 bridgehead atoms. The minimum atomic E-state index is -0.205. The van der Waals surface area contributed by atoms with E-state index in [9.17, 15) is 4.79 Å². The van der Waals surface area contributed by atoms with E-state index in [1.54, 1.807) is 25.4 Å². The quantitative estimate of drug-likeness (QED) is 0.430. The molecule has 0 aliphatic heterocycles. The largest absolute Gasteiger partial charge is 0.466 e. The van der Waals surface area contributed by atoms with Gasteiger partial charge in [-0.1, -0.05) is 0 Å². The van der Waals surface area contributed by atoms with Crippen LogP contribution in [-0.2, 0) is 9.53 Å². The van der Waals surface area contributed by atoms with E-state index < -0.39 is 0 Å². The maximum absolute atomic E-state index is 11.1. The Morgan fingerprint density at radius 3 is 3.00 bits per heavy atom. The van der Waals surface area contributed by atoms with Crippen LogP contribution in [0.2, 0.25) is 0 Å². The minimum Gasteiger partial charge on any atom is -0.466 e. The predicted octanol–water partition coefficient (Wildman–Crippen LogP) is 0.687. The average Bonchev–Trinajstić information content (AvgIpc) is 2.29. The maximum atomic E-state index is 11.1. The first-order valence-corrected chi connectivity index (χ1v) is 5.52. The molecule has 1 aromatic heterocycles. The molecule has 0 atom stereocenters. The molecule has 0 unspecified atom stereocenters. The van der Waals surface area contributed by atoms with E-state index in [1.165, 1.54) is 5.01 Å². The Kier molecular flexibility index (Phi) is 5.22. The summed E-state index contributed by atoms with van der Waals surface area (Å²) in [5.41, 5.74) is 6.96. The van der Waals surface area contributed by atoms with Gasteiger partial charge < -0.3 is 15.5 Å². The number of carbonyl (C=O) groups excluding carboxylic acids is 1. The van der Waals surface area contributed by atoms with Crippen molar-refractivity contribution >= 4 is 17.3 Å². The number of rotatable bonds is 6. The number of hydrogen-bond donors (Lipinski definition) is 2. The van der Waals surface area contributed by atoms with Gasteiger partial charge in [0.1, 0.15) is 0 Å². The fourth-order valence-electron chi connectivity index (χ4n) is 1.41. The van der Waals surface area contributed by atoms with Crippen LogP contribution in [0.15, 0.2) is 18.5 Å². The first kappa shape index (κ1) is 13.2. The highest BCUT2D eigenvalue weighted by molar-refractivity contribution is 5.69. The first-order valence-electron chi connectivity index (χ1n) is 5.52. The van der Waals surface area contributed by atoms with E-state index in [0.717, 1.165) is 0 Å². The van der Waals surface area contributed by atoms with Gasteiger partial charge in [0.15, 0.2) is 0 Å². The molecule has 4 N–H and O–H groups in total. The van der Waals surface area contributed by atoms with Gasteiger partial charge in [0, 0.05) is 19.2 Å². The molecule has 1 aromatic rings. The highest BCUT2D eigenvalue weighted by Gasteiger charge is 2.07. The Bertz CT molecular complexity index is 370. The average molecular weight is 238 g/mol. The van der Waals surface area contributed by atoms with Gasteiger partial charge >= 0.3 is 5.97 Å². The standard InChI is InChI=1S/C11H18N4O2/c1-2-17-11(16)4-3-7-15(13)10-5-6-14-8-9(10)12/h5-6,8H,2-4,7,12-13H2,1H3. The summed E-state index contributed by atoms with van der Waals surface area (Å²) in [4.78, 5) is 15.0. The van der Waals surface area contributed by atoms with Gasteiger partial charge in [-0.05, 0) is 19.4 Å². The molecule has 6 heteroatoms. The first-order chi connectivity index (χ1) is 8.15. The van der Waals surface area contributed by atoms with Crippen LogP contribution < -0.4 is 16.6 Å². The van der Waals surface area contributed by atoms with Gasteiger partial charge in [-0.3, -0.25) is 9.78 Å². The van der Waals surface area contributed by atoms with E-state index in [4.69, 9.17) is 16.3 Å². The molecule has 0 saturated heterocycles. The summed E-state index contributed by atoms with van der Waals surface area (Å²) < 4.78 is 4.82. The summed E-state index contributed by atoms with van der Waals surface area (Å²) in [6, 6.07) is 1.74. The highest BCUT2D eigenvalue weighted by atomic mass is 16.5. The summed E-state index contributed by atoms with van der Waals surface area (Å²) in [5, 5.41) is 1.51. The zero-order chi connectivity index (χ0) is 12.7. The van der Waals surface area contributed by atoms with Crippen LogP contribution >= 0.6 is 0 Å². The van der Waals surface area contributed by atoms with Crippen LogP contribution in [-0.4, -0.2) is 24.1 Å². The van der Waals surface area contributed by atoms with Crippen molar-refractivity contribution < 1.29 is 9.53 Å². The Morgan fingerprint density at radius 2 is 2.35 bits per heavy atom. The lowest BCUT2D eigenvalue weighted by Gasteiger charge is -2.19. The van der Waals surface area contributed by atoms with E-state index >= 15 is 0 Å². The summed E-state index contributed by atoms with van der Waals surface area (Å²) in [7, 11) is 0. The Labute approximate surface area is 101 Å². The van der Waals surface area contributed by atoms with Crippen LogP contribution in [0, 0.1) is 0 Å². The van der Waals surface area contributed by atoms with E-state index in [1.807, 2.05) is 0 Å². The Balaban J connectivity index is 2.38. The van der Waals surface area contributed by atoms with Crippen molar-refractivity contribution in [3.63, 3.8) is 0 Å². The number of pyridine rings is 1. The lowest BCUT2D eigenvalue weighted by Crippen LogP contribution is -2.32. The van der Waals surface area contributed by atoms with Crippen molar-refractivity contribution in [1.29, 1.82) is 0 Å². The fraction of sp³-hybridized carbons (Fsp3) is 0.455. The second-order valence-corrected chi connectivity index (χ2v) is 3.54. The van der Waals surface area contributed by atoms with Crippen molar-refractivity contribution in [3.05, 3.63) is 18.5 Å². The second kappa shape index (κ2) is 6.70. The van der Waals surface area contributed by atoms with Crippen molar-refractivity contribution in [2.75, 3.05) is 23.9 Å². The molecule has 0 aromatic carbocycles. The summed E-state index contributed by atoms with van der Waals surface area (Å²) in [6.45, 7) is 2.72. The molecule has 94 valence electrons. The summed E-state index contributed by atoms with van der Waals surface area (Å²) in [5.74, 6) is 5.62. The molecule has 1 rings (SSSR count). The molecular formula is C11H18N4O2. The SMILES string of the molecule is CCOC(=O)CCCN(N)c1ccncc1N. The number of anilines is 2. The third-order valence-electron chi connectivity index (χ3n) is 2.22. The number of ether oxygens (including phenoxy) is 1. The third kappa shape index (κ3) is 4.28. The predicted molar refractivity (Wildman–Crippen MR) is 66.0 cm³/mol. The minimum absolute atomic E-state index is 0.205. The van der Waals surface area contributed by atoms with E-state index in [2.05, 4.69) is 4.98 Å². The summed E-state index contributed by atoms with van der Waals surface area (Å²) >= 11 is 0. The number of esters is 1. The molecule has 6 nitrogen and oxygen atoms in total. The third-order valence-corrected chi connectivity index (χ3v) is 2.22. The molecular weight excluding hydrogens is 220 g/mol. The summed E-state index contributed by atoms with van der Waals surface area (Å²) in [6.07, 6.45) is 4.14. The van der Waals surface area contributed by atoms with Crippen LogP contribution in [0.5, 0.6) is 0 Å². The van der Waals surface area contributed by atoms with Gasteiger partial charge in [0.25, 0.3) is 0 Å². The van der Waals surface area contributed by atoms with Crippen molar-refractivity contribution in [1.82, 2.24) is 4.98 Å². The highest BCUT2D eigenvalue weighted by Crippen LogP contribution is 2.18. The van der Waals surface area contributed by atoms with Crippen molar-refractivity contribution in [3.8, 4) is 0 Å². The van der Waals surface area contributed by atoms with Crippen LogP contribution in [0.4, 0.5) is 11.4 Å². The molecule has 0 saturated carbocycles. The smallest absolute Gasteiger partial charge is 0.305 e. The zero-order valence-corrected chi connectivity index (χ0v) is 9.93. The topological polar surface area (TPSA) is 94.5 Å².